The highest BCUT2D eigenvalue weighted by molar-refractivity contribution is 5.88. The number of allylic oxidation sites excluding steroid dienone is 1. The maximum absolute atomic E-state index is 13.0. The summed E-state index contributed by atoms with van der Waals surface area (Å²) in [6.45, 7) is 3.51. The molecule has 0 spiro atoms. The number of aromatic nitrogens is 2. The Morgan fingerprint density at radius 3 is 1.40 bits per heavy atom. The molecule has 1 atom stereocenters. The highest BCUT2D eigenvalue weighted by atomic mass is 19.1. The fourth-order valence-corrected chi connectivity index (χ4v) is 6.59. The van der Waals surface area contributed by atoms with Crippen molar-refractivity contribution in [3.63, 3.8) is 0 Å². The van der Waals surface area contributed by atoms with Gasteiger partial charge in [0, 0.05) is 41.0 Å². The number of hydrogen-bond acceptors (Lipinski definition) is 6. The zero-order chi connectivity index (χ0) is 40.6. The maximum atomic E-state index is 13.0. The summed E-state index contributed by atoms with van der Waals surface area (Å²) in [7, 11) is 0. The summed E-state index contributed by atoms with van der Waals surface area (Å²) in [5.41, 5.74) is 6.81. The Morgan fingerprint density at radius 2 is 1.00 bits per heavy atom. The molecule has 0 saturated carbocycles. The van der Waals surface area contributed by atoms with Gasteiger partial charge in [-0.05, 0) is 139 Å². The molecule has 0 bridgehead atoms. The zero-order valence-electron chi connectivity index (χ0n) is 31.1. The molecule has 2 aromatic heterocycles. The van der Waals surface area contributed by atoms with Crippen LogP contribution in [-0.2, 0) is 12.8 Å². The number of aliphatic hydroxyl groups excluding tert-OH is 2. The first-order valence-corrected chi connectivity index (χ1v) is 18.3. The summed E-state index contributed by atoms with van der Waals surface area (Å²) in [6.07, 6.45) is 6.05. The Hall–Kier alpha value is -7.50. The lowest BCUT2D eigenvalue weighted by atomic mass is 10.1. The number of benzene rings is 6. The molecule has 2 N–H and O–H groups in total. The first-order chi connectivity index (χ1) is 28.2. The second kappa shape index (κ2) is 17.5. The summed E-state index contributed by atoms with van der Waals surface area (Å²) in [5.74, 6) is 1.76. The molecule has 286 valence electrons. The van der Waals surface area contributed by atoms with Gasteiger partial charge in [0.25, 0.3) is 0 Å². The van der Waals surface area contributed by atoms with Crippen molar-refractivity contribution in [1.29, 1.82) is 10.5 Å². The second-order valence-corrected chi connectivity index (χ2v) is 13.4. The van der Waals surface area contributed by atoms with Crippen molar-refractivity contribution in [2.24, 2.45) is 0 Å². The van der Waals surface area contributed by atoms with Gasteiger partial charge < -0.3 is 28.8 Å². The molecule has 0 radical (unpaired) electrons. The lowest BCUT2D eigenvalue weighted by Crippen LogP contribution is -2.14. The Bertz CT molecular complexity index is 2780. The third-order valence-electron chi connectivity index (χ3n) is 9.39. The molecule has 8 rings (SSSR count). The number of fused-ring (bicyclic) bond motifs is 2. The predicted octanol–water partition coefficient (Wildman–Crippen LogP) is 10.5. The maximum Gasteiger partial charge on any atom is 0.127 e. The third kappa shape index (κ3) is 8.80. The standard InChI is InChI=1S/C24H19FN2O3.C24H17FN2O/c25-18-2-6-21(7-3-18)30-22-8-4-19(5-9-22)27-14-17(12-20(29)15-28)23-10-1-16(13-26)11-24(23)27;1-2-3-18-16-27(24-14-17(15-26)4-13-23(18)24)20-7-11-22(12-8-20)28-21-9-5-19(25)6-10-21/h1-11,14,20,28-29H,12,15H2;2,4-14,16H,1,3H2/t20-;/m0./s1. The van der Waals surface area contributed by atoms with Crippen LogP contribution in [-0.4, -0.2) is 32.1 Å². The summed E-state index contributed by atoms with van der Waals surface area (Å²) in [6, 6.07) is 42.2. The topological polar surface area (TPSA) is 116 Å². The molecule has 6 aromatic carbocycles. The SMILES string of the molecule is C=CCc1cn(-c2ccc(Oc3ccc(F)cc3)cc2)c2cc(C#N)ccc12.N#Cc1ccc2c(C[C@H](O)CO)cn(-c3ccc(Oc4ccc(F)cc4)cc3)c2c1. The monoisotopic (exact) mass is 770 g/mol. The minimum Gasteiger partial charge on any atom is -0.457 e. The number of hydrogen-bond donors (Lipinski definition) is 2. The van der Waals surface area contributed by atoms with Crippen LogP contribution in [0.15, 0.2) is 159 Å². The molecule has 0 unspecified atom stereocenters. The minimum absolute atomic E-state index is 0.297. The fraction of sp³-hybridized carbons (Fsp3) is 0.0833. The van der Waals surface area contributed by atoms with Crippen molar-refractivity contribution in [2.75, 3.05) is 6.61 Å². The average Bonchev–Trinajstić information content (AvgIpc) is 3.80. The Balaban J connectivity index is 0.000000177. The van der Waals surface area contributed by atoms with E-state index in [4.69, 9.17) is 9.47 Å². The Labute approximate surface area is 333 Å². The summed E-state index contributed by atoms with van der Waals surface area (Å²) >= 11 is 0. The first kappa shape index (κ1) is 38.8. The molecule has 0 aliphatic rings. The largest absolute Gasteiger partial charge is 0.457 e. The van der Waals surface area contributed by atoms with Gasteiger partial charge in [-0.25, -0.2) is 8.78 Å². The first-order valence-electron chi connectivity index (χ1n) is 18.3. The van der Waals surface area contributed by atoms with E-state index < -0.39 is 6.10 Å². The molecule has 10 heteroatoms. The summed E-state index contributed by atoms with van der Waals surface area (Å²) in [5, 5.41) is 39.6. The van der Waals surface area contributed by atoms with Crippen molar-refractivity contribution in [3.8, 4) is 46.5 Å². The molecule has 8 nitrogen and oxygen atoms in total. The van der Waals surface area contributed by atoms with Gasteiger partial charge in [-0.3, -0.25) is 0 Å². The average molecular weight is 771 g/mol. The van der Waals surface area contributed by atoms with Crippen molar-refractivity contribution < 1.29 is 28.5 Å². The number of aliphatic hydroxyl groups is 2. The molecule has 0 aliphatic heterocycles. The van der Waals surface area contributed by atoms with Gasteiger partial charge >= 0.3 is 0 Å². The van der Waals surface area contributed by atoms with Gasteiger partial charge in [-0.2, -0.15) is 10.5 Å². The fourth-order valence-electron chi connectivity index (χ4n) is 6.59. The lowest BCUT2D eigenvalue weighted by Gasteiger charge is -2.09. The van der Waals surface area contributed by atoms with E-state index in [0.29, 0.717) is 40.5 Å². The number of ether oxygens (including phenoxy) is 2. The molecule has 0 amide bonds. The van der Waals surface area contributed by atoms with Crippen molar-refractivity contribution in [1.82, 2.24) is 9.13 Å². The van der Waals surface area contributed by atoms with Gasteiger partial charge in [0.2, 0.25) is 0 Å². The molecule has 0 fully saturated rings. The van der Waals surface area contributed by atoms with Crippen LogP contribution >= 0.6 is 0 Å². The third-order valence-corrected chi connectivity index (χ3v) is 9.39. The van der Waals surface area contributed by atoms with Crippen LogP contribution in [0.4, 0.5) is 8.78 Å². The zero-order valence-corrected chi connectivity index (χ0v) is 31.1. The molecule has 8 aromatic rings. The Kier molecular flexibility index (Phi) is 11.7. The van der Waals surface area contributed by atoms with E-state index in [1.54, 1.807) is 48.5 Å². The van der Waals surface area contributed by atoms with Crippen LogP contribution in [0.2, 0.25) is 0 Å². The molecular formula is C48H36F2N4O4. The predicted molar refractivity (Wildman–Crippen MR) is 220 cm³/mol. The summed E-state index contributed by atoms with van der Waals surface area (Å²) < 4.78 is 41.6. The van der Waals surface area contributed by atoms with E-state index in [0.717, 1.165) is 50.7 Å². The smallest absolute Gasteiger partial charge is 0.127 e. The van der Waals surface area contributed by atoms with Crippen molar-refractivity contribution in [3.05, 3.63) is 192 Å². The van der Waals surface area contributed by atoms with Crippen LogP contribution in [0.1, 0.15) is 22.3 Å². The number of rotatable bonds is 11. The lowest BCUT2D eigenvalue weighted by molar-refractivity contribution is 0.0957. The number of nitriles is 2. The Morgan fingerprint density at radius 1 is 0.603 bits per heavy atom. The van der Waals surface area contributed by atoms with Gasteiger partial charge in [0.1, 0.15) is 34.6 Å². The van der Waals surface area contributed by atoms with Crippen molar-refractivity contribution >= 4 is 21.8 Å². The van der Waals surface area contributed by atoms with E-state index in [1.807, 2.05) is 77.5 Å². The van der Waals surface area contributed by atoms with Crippen LogP contribution in [0.25, 0.3) is 33.2 Å². The normalized spacial score (nSPS) is 11.3. The van der Waals surface area contributed by atoms with E-state index in [1.165, 1.54) is 24.3 Å². The van der Waals surface area contributed by atoms with Gasteiger partial charge in [0.15, 0.2) is 0 Å². The molecule has 0 saturated heterocycles. The quantitative estimate of drug-likeness (QED) is 0.127. The highest BCUT2D eigenvalue weighted by Gasteiger charge is 2.15. The second-order valence-electron chi connectivity index (χ2n) is 13.4. The van der Waals surface area contributed by atoms with E-state index in [9.17, 15) is 29.5 Å². The van der Waals surface area contributed by atoms with Gasteiger partial charge in [-0.15, -0.1) is 6.58 Å². The van der Waals surface area contributed by atoms with E-state index in [-0.39, 0.29) is 18.2 Å². The molecule has 58 heavy (non-hydrogen) atoms. The van der Waals surface area contributed by atoms with Crippen LogP contribution in [0.3, 0.4) is 0 Å². The molecular weight excluding hydrogens is 735 g/mol. The van der Waals surface area contributed by atoms with E-state index in [2.05, 4.69) is 29.5 Å². The van der Waals surface area contributed by atoms with Crippen LogP contribution in [0, 0.1) is 34.3 Å². The van der Waals surface area contributed by atoms with Gasteiger partial charge in [-0.1, -0.05) is 18.2 Å². The van der Waals surface area contributed by atoms with E-state index >= 15 is 0 Å². The highest BCUT2D eigenvalue weighted by Crippen LogP contribution is 2.31. The number of nitrogens with zero attached hydrogens (tertiary/aromatic N) is 4. The summed E-state index contributed by atoms with van der Waals surface area (Å²) in [4.78, 5) is 0. The van der Waals surface area contributed by atoms with Crippen LogP contribution in [0.5, 0.6) is 23.0 Å². The van der Waals surface area contributed by atoms with Gasteiger partial charge in [0.05, 0.1) is 47.0 Å². The molecule has 0 aliphatic carbocycles. The van der Waals surface area contributed by atoms with Crippen molar-refractivity contribution in [2.45, 2.75) is 18.9 Å². The molecule has 2 heterocycles. The minimum atomic E-state index is -0.855. The number of halogens is 2. The van der Waals surface area contributed by atoms with Crippen LogP contribution < -0.4 is 9.47 Å².